The van der Waals surface area contributed by atoms with Crippen LogP contribution < -0.4 is 0 Å². The van der Waals surface area contributed by atoms with Crippen LogP contribution in [0, 0.1) is 23.7 Å². The van der Waals surface area contributed by atoms with Gasteiger partial charge in [-0.3, -0.25) is 0 Å². The standard InChI is InChI=1S/C17H32O/c1-4-14-8-7-9-15(12-14)17(18)11-6-5-10-16(17)13(2)3/h13-16,18H,4-12H2,1-3H3. The predicted molar refractivity (Wildman–Crippen MR) is 77.5 cm³/mol. The highest BCUT2D eigenvalue weighted by Gasteiger charge is 2.47. The molecule has 0 spiro atoms. The van der Waals surface area contributed by atoms with Gasteiger partial charge in [-0.15, -0.1) is 0 Å². The van der Waals surface area contributed by atoms with Crippen molar-refractivity contribution in [3.8, 4) is 0 Å². The maximum absolute atomic E-state index is 11.3. The van der Waals surface area contributed by atoms with Crippen molar-refractivity contribution in [3.63, 3.8) is 0 Å². The average Bonchev–Trinajstić information content (AvgIpc) is 2.39. The molecule has 2 rings (SSSR count). The highest BCUT2D eigenvalue weighted by Crippen LogP contribution is 2.48. The Kier molecular flexibility index (Phi) is 4.75. The third-order valence-corrected chi connectivity index (χ3v) is 5.86. The third kappa shape index (κ3) is 2.76. The monoisotopic (exact) mass is 252 g/mol. The molecule has 0 saturated heterocycles. The quantitative estimate of drug-likeness (QED) is 0.766. The molecule has 0 bridgehead atoms. The molecular weight excluding hydrogens is 220 g/mol. The first-order valence-corrected chi connectivity index (χ1v) is 8.30. The molecule has 4 atom stereocenters. The Bertz CT molecular complexity index is 260. The molecule has 2 fully saturated rings. The summed E-state index contributed by atoms with van der Waals surface area (Å²) in [4.78, 5) is 0. The number of hydrogen-bond acceptors (Lipinski definition) is 1. The van der Waals surface area contributed by atoms with E-state index in [2.05, 4.69) is 20.8 Å². The van der Waals surface area contributed by atoms with Gasteiger partial charge in [-0.25, -0.2) is 0 Å². The molecule has 0 amide bonds. The zero-order valence-electron chi connectivity index (χ0n) is 12.6. The number of rotatable bonds is 3. The number of aliphatic hydroxyl groups is 1. The zero-order valence-corrected chi connectivity index (χ0v) is 12.6. The van der Waals surface area contributed by atoms with Crippen LogP contribution in [-0.4, -0.2) is 10.7 Å². The average molecular weight is 252 g/mol. The second-order valence-electron chi connectivity index (χ2n) is 7.23. The van der Waals surface area contributed by atoms with E-state index in [9.17, 15) is 5.11 Å². The van der Waals surface area contributed by atoms with E-state index in [1.165, 1.54) is 51.4 Å². The summed E-state index contributed by atoms with van der Waals surface area (Å²) in [6.45, 7) is 6.93. The van der Waals surface area contributed by atoms with Crippen molar-refractivity contribution in [2.24, 2.45) is 23.7 Å². The van der Waals surface area contributed by atoms with Crippen molar-refractivity contribution in [2.45, 2.75) is 84.2 Å². The SMILES string of the molecule is CCC1CCCC(C2(O)CCCCC2C(C)C)C1. The zero-order chi connectivity index (χ0) is 13.2. The van der Waals surface area contributed by atoms with Gasteiger partial charge in [0.2, 0.25) is 0 Å². The van der Waals surface area contributed by atoms with Gasteiger partial charge in [0.05, 0.1) is 5.60 Å². The van der Waals surface area contributed by atoms with E-state index in [0.717, 1.165) is 12.3 Å². The summed E-state index contributed by atoms with van der Waals surface area (Å²) in [6.07, 6.45) is 11.5. The van der Waals surface area contributed by atoms with Crippen LogP contribution >= 0.6 is 0 Å². The molecule has 0 aliphatic heterocycles. The molecule has 2 saturated carbocycles. The van der Waals surface area contributed by atoms with Gasteiger partial charge in [0.25, 0.3) is 0 Å². The van der Waals surface area contributed by atoms with Crippen LogP contribution in [0.1, 0.15) is 78.6 Å². The van der Waals surface area contributed by atoms with E-state index in [1.54, 1.807) is 0 Å². The molecule has 1 nitrogen and oxygen atoms in total. The highest BCUT2D eigenvalue weighted by molar-refractivity contribution is 4.98. The molecule has 2 aliphatic rings. The van der Waals surface area contributed by atoms with E-state index < -0.39 is 0 Å². The van der Waals surface area contributed by atoms with Gasteiger partial charge in [-0.2, -0.15) is 0 Å². The fraction of sp³-hybridized carbons (Fsp3) is 1.00. The minimum Gasteiger partial charge on any atom is -0.389 e. The first-order chi connectivity index (χ1) is 8.58. The Labute approximate surface area is 113 Å². The van der Waals surface area contributed by atoms with Crippen LogP contribution in [0.25, 0.3) is 0 Å². The minimum atomic E-state index is -0.333. The maximum atomic E-state index is 11.3. The Morgan fingerprint density at radius 3 is 2.56 bits per heavy atom. The molecular formula is C17H32O. The van der Waals surface area contributed by atoms with Crippen LogP contribution in [0.3, 0.4) is 0 Å². The summed E-state index contributed by atoms with van der Waals surface area (Å²) < 4.78 is 0. The summed E-state index contributed by atoms with van der Waals surface area (Å²) in [5, 5.41) is 11.3. The lowest BCUT2D eigenvalue weighted by Gasteiger charge is -2.49. The van der Waals surface area contributed by atoms with Crippen molar-refractivity contribution in [1.82, 2.24) is 0 Å². The van der Waals surface area contributed by atoms with Crippen LogP contribution in [0.4, 0.5) is 0 Å². The first kappa shape index (κ1) is 14.4. The van der Waals surface area contributed by atoms with E-state index in [0.29, 0.717) is 17.8 Å². The molecule has 0 heterocycles. The Hall–Kier alpha value is -0.0400. The van der Waals surface area contributed by atoms with Crippen molar-refractivity contribution in [1.29, 1.82) is 0 Å². The first-order valence-electron chi connectivity index (χ1n) is 8.30. The predicted octanol–water partition coefficient (Wildman–Crippen LogP) is 4.78. The van der Waals surface area contributed by atoms with Crippen molar-refractivity contribution in [3.05, 3.63) is 0 Å². The molecule has 0 aromatic heterocycles. The van der Waals surface area contributed by atoms with Gasteiger partial charge in [0.15, 0.2) is 0 Å². The fourth-order valence-corrected chi connectivity index (χ4v) is 4.74. The van der Waals surface area contributed by atoms with E-state index in [4.69, 9.17) is 0 Å². The van der Waals surface area contributed by atoms with Crippen molar-refractivity contribution in [2.75, 3.05) is 0 Å². The van der Waals surface area contributed by atoms with Gasteiger partial charge >= 0.3 is 0 Å². The molecule has 106 valence electrons. The van der Waals surface area contributed by atoms with Gasteiger partial charge in [0, 0.05) is 0 Å². The molecule has 0 aromatic rings. The summed E-state index contributed by atoms with van der Waals surface area (Å²) >= 11 is 0. The second kappa shape index (κ2) is 5.94. The van der Waals surface area contributed by atoms with E-state index in [-0.39, 0.29) is 5.60 Å². The third-order valence-electron chi connectivity index (χ3n) is 5.86. The van der Waals surface area contributed by atoms with Gasteiger partial charge < -0.3 is 5.11 Å². The Morgan fingerprint density at radius 1 is 1.11 bits per heavy atom. The van der Waals surface area contributed by atoms with Crippen molar-refractivity contribution < 1.29 is 5.11 Å². The summed E-state index contributed by atoms with van der Waals surface area (Å²) in [7, 11) is 0. The smallest absolute Gasteiger partial charge is 0.0706 e. The molecule has 2 aliphatic carbocycles. The van der Waals surface area contributed by atoms with Crippen molar-refractivity contribution >= 4 is 0 Å². The Morgan fingerprint density at radius 2 is 1.89 bits per heavy atom. The maximum Gasteiger partial charge on any atom is 0.0706 e. The molecule has 18 heavy (non-hydrogen) atoms. The summed E-state index contributed by atoms with van der Waals surface area (Å²) in [5.41, 5.74) is -0.333. The fourth-order valence-electron chi connectivity index (χ4n) is 4.74. The molecule has 1 heteroatoms. The molecule has 4 unspecified atom stereocenters. The second-order valence-corrected chi connectivity index (χ2v) is 7.23. The number of hydrogen-bond donors (Lipinski definition) is 1. The molecule has 0 radical (unpaired) electrons. The minimum absolute atomic E-state index is 0.333. The van der Waals surface area contributed by atoms with Gasteiger partial charge in [-0.05, 0) is 49.4 Å². The Balaban J connectivity index is 2.11. The molecule has 1 N–H and O–H groups in total. The van der Waals surface area contributed by atoms with Gasteiger partial charge in [-0.1, -0.05) is 52.9 Å². The summed E-state index contributed by atoms with van der Waals surface area (Å²) in [5.74, 6) is 2.65. The lowest BCUT2D eigenvalue weighted by atomic mass is 9.60. The van der Waals surface area contributed by atoms with Crippen LogP contribution in [0.5, 0.6) is 0 Å². The van der Waals surface area contributed by atoms with Gasteiger partial charge in [0.1, 0.15) is 0 Å². The lowest BCUT2D eigenvalue weighted by molar-refractivity contribution is -0.123. The highest BCUT2D eigenvalue weighted by atomic mass is 16.3. The van der Waals surface area contributed by atoms with Crippen LogP contribution in [0.2, 0.25) is 0 Å². The summed E-state index contributed by atoms with van der Waals surface area (Å²) in [6, 6.07) is 0. The van der Waals surface area contributed by atoms with E-state index in [1.807, 2.05) is 0 Å². The van der Waals surface area contributed by atoms with Crippen LogP contribution in [0.15, 0.2) is 0 Å². The largest absolute Gasteiger partial charge is 0.389 e. The van der Waals surface area contributed by atoms with Crippen LogP contribution in [-0.2, 0) is 0 Å². The molecule has 0 aromatic carbocycles. The topological polar surface area (TPSA) is 20.2 Å². The lowest BCUT2D eigenvalue weighted by Crippen LogP contribution is -2.50. The normalized spacial score (nSPS) is 42.2. The van der Waals surface area contributed by atoms with E-state index >= 15 is 0 Å².